The van der Waals surface area contributed by atoms with Crippen LogP contribution in [0.1, 0.15) is 51.4 Å². The number of rotatable bonds is 6. The third kappa shape index (κ3) is 4.69. The van der Waals surface area contributed by atoms with Crippen molar-refractivity contribution < 1.29 is 14.4 Å². The number of nitrogens with two attached hydrogens (primary N) is 1. The van der Waals surface area contributed by atoms with E-state index >= 15 is 0 Å². The second-order valence-corrected chi connectivity index (χ2v) is 7.09. The van der Waals surface area contributed by atoms with Gasteiger partial charge in [0.05, 0.1) is 6.04 Å². The van der Waals surface area contributed by atoms with E-state index in [2.05, 4.69) is 10.6 Å². The Bertz CT molecular complexity index is 470. The molecule has 0 aliphatic heterocycles. The van der Waals surface area contributed by atoms with Gasteiger partial charge in [-0.1, -0.05) is 0 Å². The summed E-state index contributed by atoms with van der Waals surface area (Å²) in [6.45, 7) is 0. The molecule has 2 aliphatic rings. The molecule has 136 valence electrons. The molecule has 0 heterocycles. The van der Waals surface area contributed by atoms with Gasteiger partial charge in [-0.25, -0.2) is 0 Å². The van der Waals surface area contributed by atoms with E-state index in [0.717, 1.165) is 38.5 Å². The number of nitrogens with zero attached hydrogens (tertiary/aromatic N) is 1. The largest absolute Gasteiger partial charge is 0.359 e. The summed E-state index contributed by atoms with van der Waals surface area (Å²) in [5.74, 6) is -0.311. The molecule has 4 N–H and O–H groups in total. The number of nitrogens with one attached hydrogen (secondary N) is 2. The van der Waals surface area contributed by atoms with E-state index < -0.39 is 6.04 Å². The monoisotopic (exact) mass is 338 g/mol. The van der Waals surface area contributed by atoms with Crippen molar-refractivity contribution in [1.29, 1.82) is 0 Å². The molecule has 24 heavy (non-hydrogen) atoms. The standard InChI is InChI=1S/C17H30N4O3/c1-19-14(22)10-15(23)20-12-8-6-11(7-9-12)16(18)17(24)21(2)13-4-3-5-13/h11-13,16H,3-10,18H2,1-2H3,(H,19,22)(H,20,23)/t11?,12?,16-/m0/s1. The highest BCUT2D eigenvalue weighted by atomic mass is 16.2. The molecule has 0 bridgehead atoms. The highest BCUT2D eigenvalue weighted by Gasteiger charge is 2.34. The average Bonchev–Trinajstić information content (AvgIpc) is 2.52. The normalized spacial score (nSPS) is 25.3. The molecular formula is C17H30N4O3. The molecule has 0 saturated heterocycles. The minimum absolute atomic E-state index is 0.0480. The maximum atomic E-state index is 12.5. The van der Waals surface area contributed by atoms with Crippen LogP contribution in [-0.2, 0) is 14.4 Å². The van der Waals surface area contributed by atoms with E-state index in [-0.39, 0.29) is 36.1 Å². The number of carbonyl (C=O) groups excluding carboxylic acids is 3. The Kier molecular flexibility index (Phi) is 6.60. The van der Waals surface area contributed by atoms with Gasteiger partial charge in [-0.2, -0.15) is 0 Å². The molecule has 2 aliphatic carbocycles. The van der Waals surface area contributed by atoms with Crippen LogP contribution in [0, 0.1) is 5.92 Å². The van der Waals surface area contributed by atoms with Gasteiger partial charge >= 0.3 is 0 Å². The molecule has 2 rings (SSSR count). The summed E-state index contributed by atoms with van der Waals surface area (Å²) in [6, 6.07) is -0.00733. The lowest BCUT2D eigenvalue weighted by molar-refractivity contribution is -0.137. The molecule has 2 saturated carbocycles. The van der Waals surface area contributed by atoms with Crippen LogP contribution in [0.15, 0.2) is 0 Å². The van der Waals surface area contributed by atoms with E-state index in [1.807, 2.05) is 11.9 Å². The summed E-state index contributed by atoms with van der Waals surface area (Å²) in [5.41, 5.74) is 6.21. The molecule has 0 aromatic carbocycles. The number of carbonyl (C=O) groups is 3. The molecule has 0 spiro atoms. The Balaban J connectivity index is 1.74. The molecule has 7 heteroatoms. The first-order valence-corrected chi connectivity index (χ1v) is 8.94. The van der Waals surface area contributed by atoms with Gasteiger partial charge in [0.25, 0.3) is 0 Å². The predicted molar refractivity (Wildman–Crippen MR) is 91.0 cm³/mol. The Morgan fingerprint density at radius 1 is 1.08 bits per heavy atom. The number of amides is 3. The van der Waals surface area contributed by atoms with Crippen molar-refractivity contribution in [1.82, 2.24) is 15.5 Å². The summed E-state index contributed by atoms with van der Waals surface area (Å²) >= 11 is 0. The fourth-order valence-electron chi connectivity index (χ4n) is 3.53. The number of hydrogen-bond donors (Lipinski definition) is 3. The van der Waals surface area contributed by atoms with Gasteiger partial charge < -0.3 is 21.3 Å². The number of likely N-dealkylation sites (N-methyl/N-ethyl adjacent to an activating group) is 1. The second-order valence-electron chi connectivity index (χ2n) is 7.09. The smallest absolute Gasteiger partial charge is 0.239 e. The summed E-state index contributed by atoms with van der Waals surface area (Å²) in [4.78, 5) is 37.3. The van der Waals surface area contributed by atoms with E-state index in [1.54, 1.807) is 0 Å². The van der Waals surface area contributed by atoms with Crippen LogP contribution in [0.4, 0.5) is 0 Å². The molecular weight excluding hydrogens is 308 g/mol. The maximum absolute atomic E-state index is 12.5. The summed E-state index contributed by atoms with van der Waals surface area (Å²) in [6.07, 6.45) is 6.49. The topological polar surface area (TPSA) is 105 Å². The van der Waals surface area contributed by atoms with Crippen molar-refractivity contribution >= 4 is 17.7 Å². The zero-order chi connectivity index (χ0) is 17.7. The van der Waals surface area contributed by atoms with E-state index in [0.29, 0.717) is 6.04 Å². The van der Waals surface area contributed by atoms with Gasteiger partial charge in [-0.15, -0.1) is 0 Å². The van der Waals surface area contributed by atoms with Crippen LogP contribution < -0.4 is 16.4 Å². The van der Waals surface area contributed by atoms with Crippen LogP contribution in [0.2, 0.25) is 0 Å². The van der Waals surface area contributed by atoms with Crippen molar-refractivity contribution in [3.8, 4) is 0 Å². The van der Waals surface area contributed by atoms with E-state index in [1.165, 1.54) is 13.5 Å². The lowest BCUT2D eigenvalue weighted by atomic mass is 9.81. The van der Waals surface area contributed by atoms with Crippen molar-refractivity contribution in [2.75, 3.05) is 14.1 Å². The maximum Gasteiger partial charge on any atom is 0.239 e. The van der Waals surface area contributed by atoms with E-state index in [4.69, 9.17) is 5.73 Å². The second kappa shape index (κ2) is 8.46. The van der Waals surface area contributed by atoms with Crippen LogP contribution in [0.5, 0.6) is 0 Å². The minimum Gasteiger partial charge on any atom is -0.359 e. The molecule has 2 fully saturated rings. The van der Waals surface area contributed by atoms with E-state index in [9.17, 15) is 14.4 Å². The molecule has 0 aromatic rings. The molecule has 0 radical (unpaired) electrons. The van der Waals surface area contributed by atoms with Crippen molar-refractivity contribution in [3.05, 3.63) is 0 Å². The van der Waals surface area contributed by atoms with Crippen LogP contribution in [0.25, 0.3) is 0 Å². The Morgan fingerprint density at radius 3 is 2.21 bits per heavy atom. The van der Waals surface area contributed by atoms with Gasteiger partial charge in [-0.3, -0.25) is 14.4 Å². The SMILES string of the molecule is CNC(=O)CC(=O)NC1CCC([C@H](N)C(=O)N(C)C2CCC2)CC1. The summed E-state index contributed by atoms with van der Waals surface area (Å²) in [5, 5.41) is 5.33. The Morgan fingerprint density at radius 2 is 1.71 bits per heavy atom. The molecule has 1 atom stereocenters. The van der Waals surface area contributed by atoms with Gasteiger partial charge in [0.1, 0.15) is 6.42 Å². The average molecular weight is 338 g/mol. The van der Waals surface area contributed by atoms with Crippen LogP contribution in [-0.4, -0.2) is 54.8 Å². The van der Waals surface area contributed by atoms with Gasteiger partial charge in [0.15, 0.2) is 0 Å². The molecule has 7 nitrogen and oxygen atoms in total. The molecule has 3 amide bonds. The zero-order valence-electron chi connectivity index (χ0n) is 14.7. The highest BCUT2D eigenvalue weighted by Crippen LogP contribution is 2.29. The first kappa shape index (κ1) is 18.7. The summed E-state index contributed by atoms with van der Waals surface area (Å²) in [7, 11) is 3.37. The fraction of sp³-hybridized carbons (Fsp3) is 0.824. The number of hydrogen-bond acceptors (Lipinski definition) is 4. The van der Waals surface area contributed by atoms with Crippen LogP contribution >= 0.6 is 0 Å². The molecule has 0 unspecified atom stereocenters. The van der Waals surface area contributed by atoms with Crippen LogP contribution in [0.3, 0.4) is 0 Å². The van der Waals surface area contributed by atoms with Gasteiger partial charge in [0, 0.05) is 26.2 Å². The molecule has 0 aromatic heterocycles. The van der Waals surface area contributed by atoms with Crippen molar-refractivity contribution in [2.45, 2.75) is 69.5 Å². The minimum atomic E-state index is -0.446. The predicted octanol–water partition coefficient (Wildman–Crippen LogP) is 0.136. The fourth-order valence-corrected chi connectivity index (χ4v) is 3.53. The first-order chi connectivity index (χ1) is 11.4. The first-order valence-electron chi connectivity index (χ1n) is 8.94. The lowest BCUT2D eigenvalue weighted by Crippen LogP contribution is -2.52. The highest BCUT2D eigenvalue weighted by molar-refractivity contribution is 5.96. The summed E-state index contributed by atoms with van der Waals surface area (Å²) < 4.78 is 0. The van der Waals surface area contributed by atoms with Crippen molar-refractivity contribution in [3.63, 3.8) is 0 Å². The van der Waals surface area contributed by atoms with Gasteiger partial charge in [0.2, 0.25) is 17.7 Å². The third-order valence-electron chi connectivity index (χ3n) is 5.50. The zero-order valence-corrected chi connectivity index (χ0v) is 14.7. The third-order valence-corrected chi connectivity index (χ3v) is 5.50. The van der Waals surface area contributed by atoms with Crippen molar-refractivity contribution in [2.24, 2.45) is 11.7 Å². The Labute approximate surface area is 143 Å². The quantitative estimate of drug-likeness (QED) is 0.599. The Hall–Kier alpha value is -1.63. The van der Waals surface area contributed by atoms with Gasteiger partial charge in [-0.05, 0) is 50.9 Å². The lowest BCUT2D eigenvalue weighted by Gasteiger charge is -2.38.